The van der Waals surface area contributed by atoms with Gasteiger partial charge in [0.15, 0.2) is 0 Å². The number of amides is 1. The van der Waals surface area contributed by atoms with Crippen molar-refractivity contribution in [1.82, 2.24) is 5.32 Å². The van der Waals surface area contributed by atoms with E-state index in [0.717, 1.165) is 6.42 Å². The van der Waals surface area contributed by atoms with Crippen LogP contribution >= 0.6 is 0 Å². The summed E-state index contributed by atoms with van der Waals surface area (Å²) in [6.45, 7) is 1.87. The molecule has 1 aliphatic carbocycles. The molecule has 0 bridgehead atoms. The molecule has 0 saturated heterocycles. The molecule has 4 nitrogen and oxygen atoms in total. The lowest BCUT2D eigenvalue weighted by atomic mass is 9.75. The lowest BCUT2D eigenvalue weighted by Crippen LogP contribution is -2.62. The van der Waals surface area contributed by atoms with Crippen LogP contribution < -0.4 is 5.32 Å². The maximum absolute atomic E-state index is 12.9. The first-order valence-electron chi connectivity index (χ1n) is 6.47. The molecule has 0 unspecified atom stereocenters. The van der Waals surface area contributed by atoms with Crippen molar-refractivity contribution in [3.63, 3.8) is 0 Å². The quantitative estimate of drug-likeness (QED) is 0.784. The topological polar surface area (TPSA) is 66.4 Å². The highest BCUT2D eigenvalue weighted by atomic mass is 19.4. The Kier molecular flexibility index (Phi) is 4.84. The lowest BCUT2D eigenvalue weighted by Gasteiger charge is -2.38. The van der Waals surface area contributed by atoms with E-state index in [1.165, 1.54) is 5.32 Å². The van der Waals surface area contributed by atoms with Crippen LogP contribution in [0.25, 0.3) is 0 Å². The molecular weight excluding hydrogens is 301 g/mol. The van der Waals surface area contributed by atoms with Gasteiger partial charge in [0, 0.05) is 0 Å². The zero-order valence-corrected chi connectivity index (χ0v) is 11.3. The van der Waals surface area contributed by atoms with Crippen LogP contribution in [-0.2, 0) is 9.59 Å². The summed E-state index contributed by atoms with van der Waals surface area (Å²) in [7, 11) is 0. The minimum absolute atomic E-state index is 0.166. The van der Waals surface area contributed by atoms with E-state index in [1.807, 2.05) is 6.92 Å². The molecule has 1 rings (SSSR count). The van der Waals surface area contributed by atoms with Crippen molar-refractivity contribution < 1.29 is 36.6 Å². The van der Waals surface area contributed by atoms with E-state index in [9.17, 15) is 31.5 Å². The van der Waals surface area contributed by atoms with Gasteiger partial charge in [-0.2, -0.15) is 22.0 Å². The van der Waals surface area contributed by atoms with Crippen molar-refractivity contribution in [3.8, 4) is 0 Å². The van der Waals surface area contributed by atoms with Crippen molar-refractivity contribution in [2.24, 2.45) is 5.92 Å². The van der Waals surface area contributed by atoms with Gasteiger partial charge in [0.2, 0.25) is 0 Å². The largest absolute Gasteiger partial charge is 0.480 e. The van der Waals surface area contributed by atoms with Crippen molar-refractivity contribution >= 4 is 11.9 Å². The fraction of sp³-hybridized carbons (Fsp3) is 0.833. The highest BCUT2D eigenvalue weighted by Gasteiger charge is 2.64. The van der Waals surface area contributed by atoms with Crippen molar-refractivity contribution in [1.29, 1.82) is 0 Å². The predicted octanol–water partition coefficient (Wildman–Crippen LogP) is 2.72. The molecule has 0 aliphatic heterocycles. The van der Waals surface area contributed by atoms with Crippen LogP contribution in [-0.4, -0.2) is 34.6 Å². The van der Waals surface area contributed by atoms with Gasteiger partial charge in [-0.05, 0) is 31.6 Å². The summed E-state index contributed by atoms with van der Waals surface area (Å²) in [5.74, 6) is -9.65. The minimum atomic E-state index is -6.06. The number of carboxylic acids is 1. The summed E-state index contributed by atoms with van der Waals surface area (Å²) in [5.41, 5.74) is -2.06. The third kappa shape index (κ3) is 3.44. The van der Waals surface area contributed by atoms with Gasteiger partial charge in [-0.1, -0.05) is 13.3 Å². The van der Waals surface area contributed by atoms with Gasteiger partial charge in [-0.25, -0.2) is 4.79 Å². The van der Waals surface area contributed by atoms with E-state index >= 15 is 0 Å². The smallest absolute Gasteiger partial charge is 0.463 e. The van der Waals surface area contributed by atoms with Crippen LogP contribution in [0, 0.1) is 5.92 Å². The summed E-state index contributed by atoms with van der Waals surface area (Å²) in [5, 5.41) is 10.5. The van der Waals surface area contributed by atoms with Crippen LogP contribution in [0.1, 0.15) is 39.0 Å². The molecule has 2 N–H and O–H groups in total. The first-order valence-corrected chi connectivity index (χ1v) is 6.47. The Morgan fingerprint density at radius 2 is 1.67 bits per heavy atom. The molecule has 122 valence electrons. The summed E-state index contributed by atoms with van der Waals surface area (Å²) in [4.78, 5) is 22.4. The zero-order valence-electron chi connectivity index (χ0n) is 11.3. The Hall–Kier alpha value is -1.41. The number of carbonyl (C=O) groups excluding carboxylic acids is 1. The van der Waals surface area contributed by atoms with Crippen molar-refractivity contribution in [3.05, 3.63) is 0 Å². The number of nitrogens with one attached hydrogen (secondary N) is 1. The number of aliphatic carboxylic acids is 1. The van der Waals surface area contributed by atoms with Crippen LogP contribution in [0.15, 0.2) is 0 Å². The Labute approximate surface area is 117 Å². The SMILES string of the molecule is CCC1CCC(NC(=O)C(F)(F)C(F)(F)F)(C(=O)O)CC1. The van der Waals surface area contributed by atoms with E-state index < -0.39 is 29.5 Å². The van der Waals surface area contributed by atoms with E-state index in [1.54, 1.807) is 0 Å². The van der Waals surface area contributed by atoms with Crippen LogP contribution in [0.5, 0.6) is 0 Å². The van der Waals surface area contributed by atoms with Gasteiger partial charge < -0.3 is 10.4 Å². The second-order valence-electron chi connectivity index (χ2n) is 5.27. The van der Waals surface area contributed by atoms with Crippen LogP contribution in [0.3, 0.4) is 0 Å². The number of hydrogen-bond acceptors (Lipinski definition) is 2. The normalized spacial score (nSPS) is 27.2. The highest BCUT2D eigenvalue weighted by molar-refractivity contribution is 5.91. The molecule has 0 spiro atoms. The number of alkyl halides is 5. The molecule has 0 atom stereocenters. The van der Waals surface area contributed by atoms with Gasteiger partial charge in [0.05, 0.1) is 0 Å². The number of hydrogen-bond donors (Lipinski definition) is 2. The molecule has 9 heteroatoms. The van der Waals surface area contributed by atoms with Crippen molar-refractivity contribution in [2.75, 3.05) is 0 Å². The van der Waals surface area contributed by atoms with E-state index in [0.29, 0.717) is 12.8 Å². The zero-order chi connectivity index (χ0) is 16.5. The predicted molar refractivity (Wildman–Crippen MR) is 61.8 cm³/mol. The van der Waals surface area contributed by atoms with Gasteiger partial charge in [-0.3, -0.25) is 4.79 Å². The summed E-state index contributed by atoms with van der Waals surface area (Å²) < 4.78 is 62.2. The fourth-order valence-electron chi connectivity index (χ4n) is 2.40. The van der Waals surface area contributed by atoms with E-state index in [4.69, 9.17) is 5.11 Å². The first kappa shape index (κ1) is 17.6. The van der Waals surface area contributed by atoms with Crippen LogP contribution in [0.2, 0.25) is 0 Å². The van der Waals surface area contributed by atoms with Gasteiger partial charge in [0.25, 0.3) is 0 Å². The van der Waals surface area contributed by atoms with Gasteiger partial charge in [-0.15, -0.1) is 0 Å². The summed E-state index contributed by atoms with van der Waals surface area (Å²) in [6, 6.07) is 0. The first-order chi connectivity index (χ1) is 9.46. The average molecular weight is 317 g/mol. The fourth-order valence-corrected chi connectivity index (χ4v) is 2.40. The number of rotatable bonds is 4. The molecule has 0 radical (unpaired) electrons. The summed E-state index contributed by atoms with van der Waals surface area (Å²) in [6.07, 6.45) is -4.94. The Morgan fingerprint density at radius 1 is 1.19 bits per heavy atom. The second kappa shape index (κ2) is 5.76. The molecule has 1 aliphatic rings. The number of carboxylic acid groups (broad SMARTS) is 1. The van der Waals surface area contributed by atoms with Crippen molar-refractivity contribution in [2.45, 2.75) is 56.7 Å². The number of halogens is 5. The Balaban J connectivity index is 2.91. The molecule has 0 aromatic rings. The molecule has 1 amide bonds. The van der Waals surface area contributed by atoms with E-state index in [2.05, 4.69) is 0 Å². The van der Waals surface area contributed by atoms with Gasteiger partial charge in [0.1, 0.15) is 5.54 Å². The molecule has 1 fully saturated rings. The molecule has 1 saturated carbocycles. The second-order valence-corrected chi connectivity index (χ2v) is 5.27. The maximum atomic E-state index is 12.9. The molecule has 0 heterocycles. The molecule has 0 aromatic heterocycles. The monoisotopic (exact) mass is 317 g/mol. The Morgan fingerprint density at radius 3 is 2.00 bits per heavy atom. The number of carbonyl (C=O) groups is 2. The van der Waals surface area contributed by atoms with E-state index in [-0.39, 0.29) is 18.8 Å². The minimum Gasteiger partial charge on any atom is -0.480 e. The van der Waals surface area contributed by atoms with Gasteiger partial charge >= 0.3 is 24.0 Å². The Bertz CT molecular complexity index is 414. The third-order valence-electron chi connectivity index (χ3n) is 3.94. The standard InChI is InChI=1S/C12H16F5NO3/c1-2-7-3-5-10(6-4-7,9(20)21)18-8(19)11(13,14)12(15,16)17/h7H,2-6H2,1H3,(H,18,19)(H,20,21). The molecular formula is C12H16F5NO3. The summed E-state index contributed by atoms with van der Waals surface area (Å²) >= 11 is 0. The third-order valence-corrected chi connectivity index (χ3v) is 3.94. The molecule has 21 heavy (non-hydrogen) atoms. The molecule has 0 aromatic carbocycles. The average Bonchev–Trinajstić information content (AvgIpc) is 2.37. The highest BCUT2D eigenvalue weighted by Crippen LogP contribution is 2.38. The lowest BCUT2D eigenvalue weighted by molar-refractivity contribution is -0.270. The maximum Gasteiger partial charge on any atom is 0.463 e. The van der Waals surface area contributed by atoms with Crippen LogP contribution in [0.4, 0.5) is 22.0 Å².